The van der Waals surface area contributed by atoms with E-state index in [1.165, 1.54) is 16.8 Å². The number of anilines is 1. The highest BCUT2D eigenvalue weighted by Gasteiger charge is 2.39. The van der Waals surface area contributed by atoms with Gasteiger partial charge in [0.1, 0.15) is 11.9 Å². The van der Waals surface area contributed by atoms with Crippen molar-refractivity contribution in [2.45, 2.75) is 65.7 Å². The molecule has 1 heterocycles. The number of benzene rings is 2. The number of para-hydroxylation sites is 1. The third-order valence-corrected chi connectivity index (χ3v) is 6.27. The molecule has 4 amide bonds. The van der Waals surface area contributed by atoms with Gasteiger partial charge >= 0.3 is 6.18 Å². The Kier molecular flexibility index (Phi) is 15.7. The fraction of sp³-hybridized carbons (Fsp3) is 0.469. The molecule has 0 bridgehead atoms. The fourth-order valence-electron chi connectivity index (χ4n) is 3.88. The number of amides is 4. The molecule has 0 spiro atoms. The zero-order valence-corrected chi connectivity index (χ0v) is 26.3. The van der Waals surface area contributed by atoms with E-state index in [2.05, 4.69) is 37.5 Å². The summed E-state index contributed by atoms with van der Waals surface area (Å²) in [6, 6.07) is 12.2. The molecule has 1 fully saturated rings. The number of likely N-dealkylation sites (tertiary alicyclic amines) is 1. The van der Waals surface area contributed by atoms with Gasteiger partial charge in [-0.05, 0) is 56.0 Å². The van der Waals surface area contributed by atoms with Crippen LogP contribution in [0.4, 0.5) is 23.2 Å². The summed E-state index contributed by atoms with van der Waals surface area (Å²) < 4.78 is 50.8. The third-order valence-electron chi connectivity index (χ3n) is 6.27. The molecule has 3 atom stereocenters. The van der Waals surface area contributed by atoms with Crippen molar-refractivity contribution in [3.05, 3.63) is 65.5 Å². The van der Waals surface area contributed by atoms with E-state index in [9.17, 15) is 42.0 Å². The highest BCUT2D eigenvalue weighted by molar-refractivity contribution is 5.96. The first-order chi connectivity index (χ1) is 21.0. The molecule has 45 heavy (non-hydrogen) atoms. The summed E-state index contributed by atoms with van der Waals surface area (Å²) in [4.78, 5) is 49.3. The topological polar surface area (TPSA) is 123 Å². The quantitative estimate of drug-likeness (QED) is 0.294. The minimum absolute atomic E-state index is 0.102. The van der Waals surface area contributed by atoms with E-state index in [0.717, 1.165) is 18.1 Å². The molecule has 0 saturated carbocycles. The van der Waals surface area contributed by atoms with Gasteiger partial charge < -0.3 is 20.4 Å². The van der Waals surface area contributed by atoms with Gasteiger partial charge in [0.05, 0.1) is 29.7 Å². The number of hydrogen-bond donors (Lipinski definition) is 2. The average Bonchev–Trinajstić information content (AvgIpc) is 3.42. The second-order valence-corrected chi connectivity index (χ2v) is 11.2. The number of nitrogens with one attached hydrogen (secondary N) is 2. The Balaban J connectivity index is 0.000000412. The largest absolute Gasteiger partial charge is 0.417 e. The molecule has 0 aromatic heterocycles. The lowest BCUT2D eigenvalue weighted by atomic mass is 10.1. The molecule has 1 aliphatic heterocycles. The van der Waals surface area contributed by atoms with Crippen molar-refractivity contribution in [2.24, 2.45) is 11.8 Å². The lowest BCUT2D eigenvalue weighted by Crippen LogP contribution is -2.41. The summed E-state index contributed by atoms with van der Waals surface area (Å²) in [5.74, 6) is -2.03. The van der Waals surface area contributed by atoms with Crippen LogP contribution in [0.2, 0.25) is 0 Å². The van der Waals surface area contributed by atoms with Gasteiger partial charge in [-0.1, -0.05) is 45.9 Å². The molecule has 3 unspecified atom stereocenters. The van der Waals surface area contributed by atoms with Crippen molar-refractivity contribution < 1.29 is 36.7 Å². The van der Waals surface area contributed by atoms with Gasteiger partial charge in [-0.15, -0.1) is 0 Å². The molecule has 246 valence electrons. The number of carbonyl (C=O) groups excluding carboxylic acids is 4. The van der Waals surface area contributed by atoms with Gasteiger partial charge in [0, 0.05) is 25.3 Å². The minimum Gasteiger partial charge on any atom is -0.350 e. The Bertz CT molecular complexity index is 1310. The Hall–Kier alpha value is -4.47. The summed E-state index contributed by atoms with van der Waals surface area (Å²) in [6.45, 7) is 10.0. The first-order valence-corrected chi connectivity index (χ1v) is 14.4. The summed E-state index contributed by atoms with van der Waals surface area (Å²) in [6.07, 6.45) is -3.32. The molecule has 3 rings (SSSR count). The standard InChI is InChI=1S/C16H18N4O3.C12H13F4NO.C4H10/c1-19(11-21)10-15(22)20-9-12(7-14(20)8-17)16(23)18-13-5-3-2-4-6-13;1-3-7(2)17-11(18)9-5-4-8(13)6-10(9)12(14,15)16;1-4(2)3/h2-6,11-12,14H,7,9-10H2,1H3,(H,18,23);4-7H,3H2,1-2H3,(H,17,18);4H,1-3H3. The van der Waals surface area contributed by atoms with Gasteiger partial charge in [0.2, 0.25) is 18.2 Å². The predicted octanol–water partition coefficient (Wildman–Crippen LogP) is 5.49. The number of rotatable bonds is 8. The lowest BCUT2D eigenvalue weighted by molar-refractivity contribution is -0.138. The summed E-state index contributed by atoms with van der Waals surface area (Å²) in [7, 11) is 1.49. The SMILES string of the molecule is CC(C)C.CCC(C)NC(=O)c1ccc(F)cc1C(F)(F)F.CN(C=O)CC(=O)N1CC(C(=O)Nc2ccccc2)CC1C#N. The number of nitriles is 1. The van der Waals surface area contributed by atoms with Crippen LogP contribution in [-0.4, -0.2) is 66.2 Å². The maximum Gasteiger partial charge on any atom is 0.417 e. The van der Waals surface area contributed by atoms with E-state index in [1.807, 2.05) is 18.2 Å². The van der Waals surface area contributed by atoms with Crippen molar-refractivity contribution in [1.29, 1.82) is 5.26 Å². The molecule has 2 aromatic rings. The van der Waals surface area contributed by atoms with Crippen LogP contribution in [-0.2, 0) is 20.6 Å². The lowest BCUT2D eigenvalue weighted by Gasteiger charge is -2.21. The van der Waals surface area contributed by atoms with Crippen LogP contribution >= 0.6 is 0 Å². The van der Waals surface area contributed by atoms with E-state index in [-0.39, 0.29) is 30.9 Å². The molecule has 0 aliphatic carbocycles. The molecular formula is C32H41F4N5O4. The molecule has 2 aromatic carbocycles. The van der Waals surface area contributed by atoms with Crippen molar-refractivity contribution in [3.8, 4) is 6.07 Å². The minimum atomic E-state index is -4.76. The van der Waals surface area contributed by atoms with Crippen LogP contribution < -0.4 is 10.6 Å². The number of alkyl halides is 3. The molecule has 9 nitrogen and oxygen atoms in total. The van der Waals surface area contributed by atoms with Crippen molar-refractivity contribution in [1.82, 2.24) is 15.1 Å². The van der Waals surface area contributed by atoms with Crippen molar-refractivity contribution in [3.63, 3.8) is 0 Å². The van der Waals surface area contributed by atoms with E-state index < -0.39 is 41.0 Å². The van der Waals surface area contributed by atoms with Crippen LogP contribution in [0, 0.1) is 29.0 Å². The molecule has 1 saturated heterocycles. The van der Waals surface area contributed by atoms with Gasteiger partial charge in [0.15, 0.2) is 0 Å². The highest BCUT2D eigenvalue weighted by Crippen LogP contribution is 2.32. The van der Waals surface area contributed by atoms with Crippen LogP contribution in [0.3, 0.4) is 0 Å². The van der Waals surface area contributed by atoms with Crippen LogP contribution in [0.15, 0.2) is 48.5 Å². The van der Waals surface area contributed by atoms with Crippen molar-refractivity contribution in [2.75, 3.05) is 25.5 Å². The second-order valence-electron chi connectivity index (χ2n) is 11.2. The number of carbonyl (C=O) groups is 4. The van der Waals surface area contributed by atoms with Gasteiger partial charge in [-0.3, -0.25) is 19.2 Å². The van der Waals surface area contributed by atoms with Gasteiger partial charge in [0.25, 0.3) is 5.91 Å². The van der Waals surface area contributed by atoms with Gasteiger partial charge in [-0.2, -0.15) is 18.4 Å². The molecule has 2 N–H and O–H groups in total. The maximum absolute atomic E-state index is 12.8. The molecule has 1 aliphatic rings. The molecule has 13 heteroatoms. The Morgan fingerprint density at radius 3 is 2.22 bits per heavy atom. The molecule has 0 radical (unpaired) electrons. The maximum atomic E-state index is 12.8. The van der Waals surface area contributed by atoms with E-state index in [4.69, 9.17) is 0 Å². The Morgan fingerprint density at radius 1 is 1.11 bits per heavy atom. The van der Waals surface area contributed by atoms with Gasteiger partial charge in [-0.25, -0.2) is 4.39 Å². The predicted molar refractivity (Wildman–Crippen MR) is 162 cm³/mol. The monoisotopic (exact) mass is 635 g/mol. The van der Waals surface area contributed by atoms with E-state index >= 15 is 0 Å². The van der Waals surface area contributed by atoms with Crippen molar-refractivity contribution >= 4 is 29.8 Å². The highest BCUT2D eigenvalue weighted by atomic mass is 19.4. The third kappa shape index (κ3) is 13.4. The summed E-state index contributed by atoms with van der Waals surface area (Å²) in [5, 5.41) is 14.4. The first-order valence-electron chi connectivity index (χ1n) is 14.4. The second kappa shape index (κ2) is 18.4. The number of likely N-dealkylation sites (N-methyl/N-ethyl adjacent to an activating group) is 1. The zero-order chi connectivity index (χ0) is 34.3. The number of hydrogen-bond acceptors (Lipinski definition) is 5. The fourth-order valence-corrected chi connectivity index (χ4v) is 3.88. The van der Waals surface area contributed by atoms with E-state index in [1.54, 1.807) is 26.0 Å². The van der Waals surface area contributed by atoms with Crippen LogP contribution in [0.25, 0.3) is 0 Å². The van der Waals surface area contributed by atoms with E-state index in [0.29, 0.717) is 31.0 Å². The average molecular weight is 636 g/mol. The molecular weight excluding hydrogens is 594 g/mol. The summed E-state index contributed by atoms with van der Waals surface area (Å²) in [5.41, 5.74) is -1.15. The Labute approximate surface area is 261 Å². The summed E-state index contributed by atoms with van der Waals surface area (Å²) >= 11 is 0. The first kappa shape index (κ1) is 38.6. The number of nitrogens with zero attached hydrogens (tertiary/aromatic N) is 3. The van der Waals surface area contributed by atoms with Crippen LogP contribution in [0.1, 0.15) is 63.4 Å². The smallest absolute Gasteiger partial charge is 0.350 e. The Morgan fingerprint density at radius 2 is 1.71 bits per heavy atom. The van der Waals surface area contributed by atoms with Crippen LogP contribution in [0.5, 0.6) is 0 Å². The number of halogens is 4. The normalized spacial score (nSPS) is 16.2. The zero-order valence-electron chi connectivity index (χ0n) is 26.3.